The van der Waals surface area contributed by atoms with Gasteiger partial charge in [0.1, 0.15) is 0 Å². The minimum Gasteiger partial charge on any atom is -0.261 e. The zero-order valence-corrected chi connectivity index (χ0v) is 9.28. The summed E-state index contributed by atoms with van der Waals surface area (Å²) < 4.78 is 0. The number of hydrogen-bond acceptors (Lipinski definition) is 2. The number of pyridine rings is 2. The third kappa shape index (κ3) is 1.75. The van der Waals surface area contributed by atoms with Crippen molar-refractivity contribution in [3.8, 4) is 11.3 Å². The van der Waals surface area contributed by atoms with Crippen LogP contribution in [0.3, 0.4) is 0 Å². The van der Waals surface area contributed by atoms with Crippen LogP contribution in [0.1, 0.15) is 16.8 Å². The summed E-state index contributed by atoms with van der Waals surface area (Å²) >= 11 is 0. The van der Waals surface area contributed by atoms with Crippen LogP contribution in [-0.4, -0.2) is 9.97 Å². The fraction of sp³-hybridized carbons (Fsp3) is 0.231. The van der Waals surface area contributed by atoms with Crippen molar-refractivity contribution in [3.63, 3.8) is 0 Å². The van der Waals surface area contributed by atoms with Crippen LogP contribution >= 0.6 is 0 Å². The molecule has 15 heavy (non-hydrogen) atoms. The highest BCUT2D eigenvalue weighted by molar-refractivity contribution is 5.63. The molecule has 0 unspecified atom stereocenters. The van der Waals surface area contributed by atoms with E-state index in [1.807, 2.05) is 37.5 Å². The van der Waals surface area contributed by atoms with Gasteiger partial charge in [0.2, 0.25) is 0 Å². The van der Waals surface area contributed by atoms with Crippen LogP contribution in [0.4, 0.5) is 0 Å². The van der Waals surface area contributed by atoms with Gasteiger partial charge in [0.05, 0.1) is 5.69 Å². The molecule has 2 heteroatoms. The minimum absolute atomic E-state index is 0.991. The van der Waals surface area contributed by atoms with E-state index in [2.05, 4.69) is 23.8 Å². The first-order valence-electron chi connectivity index (χ1n) is 5.04. The van der Waals surface area contributed by atoms with Gasteiger partial charge >= 0.3 is 0 Å². The van der Waals surface area contributed by atoms with Gasteiger partial charge < -0.3 is 0 Å². The number of rotatable bonds is 1. The van der Waals surface area contributed by atoms with E-state index in [4.69, 9.17) is 0 Å². The fourth-order valence-corrected chi connectivity index (χ4v) is 1.61. The molecular weight excluding hydrogens is 184 g/mol. The van der Waals surface area contributed by atoms with Crippen molar-refractivity contribution in [1.82, 2.24) is 9.97 Å². The molecule has 76 valence electrons. The third-order valence-corrected chi connectivity index (χ3v) is 2.84. The molecule has 2 heterocycles. The van der Waals surface area contributed by atoms with Gasteiger partial charge in [-0.05, 0) is 44.0 Å². The van der Waals surface area contributed by atoms with Crippen LogP contribution in [0.25, 0.3) is 11.3 Å². The Morgan fingerprint density at radius 1 is 0.933 bits per heavy atom. The van der Waals surface area contributed by atoms with Gasteiger partial charge in [0, 0.05) is 23.7 Å². The van der Waals surface area contributed by atoms with Crippen molar-refractivity contribution in [2.75, 3.05) is 0 Å². The zero-order valence-electron chi connectivity index (χ0n) is 9.28. The largest absolute Gasteiger partial charge is 0.261 e. The van der Waals surface area contributed by atoms with E-state index in [1.54, 1.807) is 0 Å². The van der Waals surface area contributed by atoms with E-state index in [9.17, 15) is 0 Å². The summed E-state index contributed by atoms with van der Waals surface area (Å²) in [5.41, 5.74) is 5.72. The Morgan fingerprint density at radius 2 is 1.73 bits per heavy atom. The summed E-state index contributed by atoms with van der Waals surface area (Å²) in [6.07, 6.45) is 3.71. The minimum atomic E-state index is 0.991. The summed E-state index contributed by atoms with van der Waals surface area (Å²) in [7, 11) is 0. The van der Waals surface area contributed by atoms with Gasteiger partial charge in [-0.15, -0.1) is 0 Å². The maximum Gasteiger partial charge on any atom is 0.0720 e. The van der Waals surface area contributed by atoms with Crippen LogP contribution in [-0.2, 0) is 0 Å². The van der Waals surface area contributed by atoms with Crippen molar-refractivity contribution < 1.29 is 0 Å². The van der Waals surface area contributed by atoms with E-state index < -0.39 is 0 Å². The Labute approximate surface area is 90.0 Å². The van der Waals surface area contributed by atoms with Gasteiger partial charge in [-0.2, -0.15) is 0 Å². The molecule has 2 nitrogen and oxygen atoms in total. The first-order valence-corrected chi connectivity index (χ1v) is 5.04. The molecule has 0 aromatic carbocycles. The lowest BCUT2D eigenvalue weighted by molar-refractivity contribution is 1.11. The molecule has 0 aliphatic heterocycles. The van der Waals surface area contributed by atoms with E-state index in [0.717, 1.165) is 17.0 Å². The molecule has 0 radical (unpaired) electrons. The molecular formula is C13H14N2. The van der Waals surface area contributed by atoms with Crippen LogP contribution < -0.4 is 0 Å². The highest BCUT2D eigenvalue weighted by Gasteiger charge is 2.07. The van der Waals surface area contributed by atoms with Crippen molar-refractivity contribution in [3.05, 3.63) is 47.4 Å². The van der Waals surface area contributed by atoms with E-state index in [0.29, 0.717) is 0 Å². The second-order valence-electron chi connectivity index (χ2n) is 3.72. The first-order chi connectivity index (χ1) is 7.20. The summed E-state index contributed by atoms with van der Waals surface area (Å²) in [5.74, 6) is 0. The number of hydrogen-bond donors (Lipinski definition) is 0. The fourth-order valence-electron chi connectivity index (χ4n) is 1.61. The maximum absolute atomic E-state index is 4.38. The van der Waals surface area contributed by atoms with E-state index in [-0.39, 0.29) is 0 Å². The van der Waals surface area contributed by atoms with Crippen LogP contribution in [0.5, 0.6) is 0 Å². The monoisotopic (exact) mass is 198 g/mol. The molecule has 2 rings (SSSR count). The average Bonchev–Trinajstić information content (AvgIpc) is 2.27. The Bertz CT molecular complexity index is 475. The molecule has 0 aliphatic carbocycles. The Morgan fingerprint density at radius 3 is 2.40 bits per heavy atom. The lowest BCUT2D eigenvalue weighted by Gasteiger charge is -2.09. The van der Waals surface area contributed by atoms with Gasteiger partial charge in [0.15, 0.2) is 0 Å². The molecule has 0 aliphatic rings. The molecule has 0 fully saturated rings. The highest BCUT2D eigenvalue weighted by Crippen LogP contribution is 2.23. The standard InChI is InChI=1S/C13H14N2/c1-9-10(2)12(8-15-11(9)3)13-6-4-5-7-14-13/h4-8H,1-3H3. The van der Waals surface area contributed by atoms with Crippen LogP contribution in [0.2, 0.25) is 0 Å². The Kier molecular flexibility index (Phi) is 2.50. The molecule has 0 saturated heterocycles. The van der Waals surface area contributed by atoms with Crippen molar-refractivity contribution in [2.45, 2.75) is 20.8 Å². The lowest BCUT2D eigenvalue weighted by Crippen LogP contribution is -1.95. The lowest BCUT2D eigenvalue weighted by atomic mass is 10.0. The van der Waals surface area contributed by atoms with Crippen LogP contribution in [0.15, 0.2) is 30.6 Å². The SMILES string of the molecule is Cc1ncc(-c2ccccn2)c(C)c1C. The normalized spacial score (nSPS) is 10.3. The molecule has 2 aromatic rings. The number of aryl methyl sites for hydroxylation is 1. The van der Waals surface area contributed by atoms with E-state index in [1.165, 1.54) is 11.1 Å². The maximum atomic E-state index is 4.38. The molecule has 0 bridgehead atoms. The summed E-state index contributed by atoms with van der Waals surface area (Å²) in [6.45, 7) is 6.25. The van der Waals surface area contributed by atoms with Crippen LogP contribution in [0, 0.1) is 20.8 Å². The summed E-state index contributed by atoms with van der Waals surface area (Å²) in [6, 6.07) is 5.93. The van der Waals surface area contributed by atoms with Gasteiger partial charge in [0.25, 0.3) is 0 Å². The van der Waals surface area contributed by atoms with Gasteiger partial charge in [-0.3, -0.25) is 9.97 Å². The topological polar surface area (TPSA) is 25.8 Å². The Balaban J connectivity index is 2.60. The molecule has 0 amide bonds. The van der Waals surface area contributed by atoms with Crippen molar-refractivity contribution >= 4 is 0 Å². The third-order valence-electron chi connectivity index (χ3n) is 2.84. The molecule has 0 saturated carbocycles. The smallest absolute Gasteiger partial charge is 0.0720 e. The van der Waals surface area contributed by atoms with Crippen molar-refractivity contribution in [1.29, 1.82) is 0 Å². The van der Waals surface area contributed by atoms with Gasteiger partial charge in [-0.25, -0.2) is 0 Å². The molecule has 2 aromatic heterocycles. The summed E-state index contributed by atoms with van der Waals surface area (Å²) in [5, 5.41) is 0. The predicted molar refractivity (Wildman–Crippen MR) is 61.7 cm³/mol. The predicted octanol–water partition coefficient (Wildman–Crippen LogP) is 3.07. The average molecular weight is 198 g/mol. The quantitative estimate of drug-likeness (QED) is 0.703. The van der Waals surface area contributed by atoms with E-state index >= 15 is 0 Å². The molecule has 0 spiro atoms. The number of aromatic nitrogens is 2. The molecule has 0 N–H and O–H groups in total. The highest BCUT2D eigenvalue weighted by atomic mass is 14.7. The zero-order chi connectivity index (χ0) is 10.8. The second-order valence-corrected chi connectivity index (χ2v) is 3.72. The first kappa shape index (κ1) is 9.84. The Hall–Kier alpha value is -1.70. The second kappa shape index (κ2) is 3.81. The molecule has 0 atom stereocenters. The van der Waals surface area contributed by atoms with Gasteiger partial charge in [-0.1, -0.05) is 6.07 Å². The van der Waals surface area contributed by atoms with Crippen molar-refractivity contribution in [2.24, 2.45) is 0 Å². The summed E-state index contributed by atoms with van der Waals surface area (Å²) in [4.78, 5) is 8.72. The number of nitrogens with zero attached hydrogens (tertiary/aromatic N) is 2.